The van der Waals surface area contributed by atoms with Crippen LogP contribution in [0.15, 0.2) is 35.7 Å². The lowest BCUT2D eigenvalue weighted by atomic mass is 9.97. The van der Waals surface area contributed by atoms with Gasteiger partial charge in [0.1, 0.15) is 6.33 Å². The molecule has 2 amide bonds. The third kappa shape index (κ3) is 5.62. The van der Waals surface area contributed by atoms with Crippen molar-refractivity contribution in [1.29, 1.82) is 0 Å². The zero-order valence-corrected chi connectivity index (χ0v) is 18.8. The van der Waals surface area contributed by atoms with Gasteiger partial charge in [-0.15, -0.1) is 10.2 Å². The summed E-state index contributed by atoms with van der Waals surface area (Å²) in [4.78, 5) is 26.8. The zero-order valence-electron chi connectivity index (χ0n) is 18.0. The van der Waals surface area contributed by atoms with E-state index in [2.05, 4.69) is 53.6 Å². The van der Waals surface area contributed by atoms with Gasteiger partial charge in [0, 0.05) is 25.3 Å². The fourth-order valence-corrected chi connectivity index (χ4v) is 4.38. The number of nitrogens with zero attached hydrogens (tertiary/aromatic N) is 4. The van der Waals surface area contributed by atoms with Gasteiger partial charge < -0.3 is 10.2 Å². The quantitative estimate of drug-likeness (QED) is 0.652. The van der Waals surface area contributed by atoms with E-state index < -0.39 is 0 Å². The van der Waals surface area contributed by atoms with Gasteiger partial charge in [0.15, 0.2) is 5.16 Å². The summed E-state index contributed by atoms with van der Waals surface area (Å²) in [6.07, 6.45) is 4.29. The van der Waals surface area contributed by atoms with E-state index in [9.17, 15) is 9.59 Å². The Balaban J connectivity index is 1.58. The summed E-state index contributed by atoms with van der Waals surface area (Å²) >= 11 is 1.38. The first-order valence-electron chi connectivity index (χ1n) is 10.7. The van der Waals surface area contributed by atoms with Crippen molar-refractivity contribution in [3.63, 3.8) is 0 Å². The molecule has 1 N–H and O–H groups in total. The van der Waals surface area contributed by atoms with Crippen molar-refractivity contribution in [2.75, 3.05) is 25.4 Å². The van der Waals surface area contributed by atoms with Crippen molar-refractivity contribution >= 4 is 23.6 Å². The van der Waals surface area contributed by atoms with Crippen LogP contribution in [0.1, 0.15) is 51.5 Å². The van der Waals surface area contributed by atoms with Gasteiger partial charge in [-0.05, 0) is 42.9 Å². The van der Waals surface area contributed by atoms with E-state index in [0.29, 0.717) is 30.7 Å². The van der Waals surface area contributed by atoms with Gasteiger partial charge in [0.05, 0.1) is 11.7 Å². The van der Waals surface area contributed by atoms with E-state index in [-0.39, 0.29) is 23.5 Å². The van der Waals surface area contributed by atoms with Crippen LogP contribution in [0.25, 0.3) is 5.69 Å². The number of carbonyl (C=O) groups is 2. The second-order valence-corrected chi connectivity index (χ2v) is 8.93. The van der Waals surface area contributed by atoms with Crippen molar-refractivity contribution in [3.05, 3.63) is 36.2 Å². The van der Waals surface area contributed by atoms with Crippen LogP contribution in [-0.2, 0) is 9.59 Å². The van der Waals surface area contributed by atoms with Gasteiger partial charge >= 0.3 is 0 Å². The first-order valence-corrected chi connectivity index (χ1v) is 11.7. The summed E-state index contributed by atoms with van der Waals surface area (Å²) in [7, 11) is 0. The highest BCUT2D eigenvalue weighted by Gasteiger charge is 2.28. The van der Waals surface area contributed by atoms with Crippen molar-refractivity contribution in [1.82, 2.24) is 25.0 Å². The maximum Gasteiger partial charge on any atom is 0.233 e. The SMILES string of the molecule is CCCNC(=O)C1CCCN(C(=O)CSc2nncn2-c2ccc(C(C)C)cc2)C1. The number of hydrogen-bond acceptors (Lipinski definition) is 5. The average molecular weight is 430 g/mol. The molecule has 7 nitrogen and oxygen atoms in total. The van der Waals surface area contributed by atoms with Gasteiger partial charge in [0.2, 0.25) is 11.8 Å². The van der Waals surface area contributed by atoms with Crippen molar-refractivity contribution in [2.45, 2.75) is 51.1 Å². The number of rotatable bonds is 8. The molecule has 2 heterocycles. The van der Waals surface area contributed by atoms with Crippen molar-refractivity contribution in [3.8, 4) is 5.69 Å². The van der Waals surface area contributed by atoms with Gasteiger partial charge in [-0.2, -0.15) is 0 Å². The number of likely N-dealkylation sites (tertiary alicyclic amines) is 1. The maximum atomic E-state index is 12.8. The summed E-state index contributed by atoms with van der Waals surface area (Å²) in [6.45, 7) is 8.26. The molecule has 8 heteroatoms. The third-order valence-corrected chi connectivity index (χ3v) is 6.30. The lowest BCUT2D eigenvalue weighted by Gasteiger charge is -2.32. The maximum absolute atomic E-state index is 12.8. The van der Waals surface area contributed by atoms with Crippen LogP contribution in [-0.4, -0.2) is 56.9 Å². The molecule has 30 heavy (non-hydrogen) atoms. The number of hydrogen-bond donors (Lipinski definition) is 1. The largest absolute Gasteiger partial charge is 0.356 e. The van der Waals surface area contributed by atoms with Crippen LogP contribution in [0, 0.1) is 5.92 Å². The lowest BCUT2D eigenvalue weighted by Crippen LogP contribution is -2.46. The van der Waals surface area contributed by atoms with E-state index in [4.69, 9.17) is 0 Å². The number of nitrogens with one attached hydrogen (secondary N) is 1. The first kappa shape index (κ1) is 22.3. The molecule has 3 rings (SSSR count). The van der Waals surface area contributed by atoms with Crippen LogP contribution in [0.2, 0.25) is 0 Å². The standard InChI is InChI=1S/C22H31N5O2S/c1-4-11-23-21(29)18-6-5-12-26(13-18)20(28)14-30-22-25-24-15-27(22)19-9-7-17(8-10-19)16(2)3/h7-10,15-16,18H,4-6,11-14H2,1-3H3,(H,23,29). The molecule has 0 saturated carbocycles. The summed E-state index contributed by atoms with van der Waals surface area (Å²) < 4.78 is 1.90. The Morgan fingerprint density at radius 3 is 2.73 bits per heavy atom. The number of piperidine rings is 1. The molecule has 1 aliphatic heterocycles. The van der Waals surface area contributed by atoms with Gasteiger partial charge in [-0.25, -0.2) is 0 Å². The van der Waals surface area contributed by atoms with E-state index in [1.807, 2.05) is 16.4 Å². The molecule has 0 bridgehead atoms. The summed E-state index contributed by atoms with van der Waals surface area (Å²) in [5.41, 5.74) is 2.25. The van der Waals surface area contributed by atoms with Gasteiger partial charge in [-0.3, -0.25) is 14.2 Å². The summed E-state index contributed by atoms with van der Waals surface area (Å²) in [5.74, 6) is 0.752. The second-order valence-electron chi connectivity index (χ2n) is 7.99. The molecule has 162 valence electrons. The number of carbonyl (C=O) groups excluding carboxylic acids is 2. The number of amides is 2. The molecule has 0 radical (unpaired) electrons. The van der Waals surface area contributed by atoms with Crippen LogP contribution < -0.4 is 5.32 Å². The fraction of sp³-hybridized carbons (Fsp3) is 0.545. The minimum absolute atomic E-state index is 0.0395. The second kappa shape index (κ2) is 10.6. The summed E-state index contributed by atoms with van der Waals surface area (Å²) in [5, 5.41) is 11.8. The summed E-state index contributed by atoms with van der Waals surface area (Å²) in [6, 6.07) is 8.32. The minimum Gasteiger partial charge on any atom is -0.356 e. The third-order valence-electron chi connectivity index (χ3n) is 5.37. The van der Waals surface area contributed by atoms with Crippen molar-refractivity contribution in [2.24, 2.45) is 5.92 Å². The molecular formula is C22H31N5O2S. The van der Waals surface area contributed by atoms with Crippen LogP contribution in [0.3, 0.4) is 0 Å². The fourth-order valence-electron chi connectivity index (χ4n) is 3.55. The lowest BCUT2D eigenvalue weighted by molar-refractivity contribution is -0.133. The number of aromatic nitrogens is 3. The molecular weight excluding hydrogens is 398 g/mol. The topological polar surface area (TPSA) is 80.1 Å². The van der Waals surface area contributed by atoms with Crippen LogP contribution in [0.4, 0.5) is 0 Å². The van der Waals surface area contributed by atoms with Crippen molar-refractivity contribution < 1.29 is 9.59 Å². The van der Waals surface area contributed by atoms with Crippen LogP contribution >= 0.6 is 11.8 Å². The first-order chi connectivity index (χ1) is 14.5. The molecule has 1 aromatic carbocycles. The Labute approximate surface area is 182 Å². The Morgan fingerprint density at radius 2 is 2.03 bits per heavy atom. The Hall–Kier alpha value is -2.35. The zero-order chi connectivity index (χ0) is 21.5. The monoisotopic (exact) mass is 429 g/mol. The highest BCUT2D eigenvalue weighted by atomic mass is 32.2. The number of thioether (sulfide) groups is 1. The minimum atomic E-state index is -0.109. The molecule has 0 aliphatic carbocycles. The average Bonchev–Trinajstić information content (AvgIpc) is 3.24. The Bertz CT molecular complexity index is 849. The van der Waals surface area contributed by atoms with E-state index in [1.54, 1.807) is 6.33 Å². The number of benzene rings is 1. The van der Waals surface area contributed by atoms with E-state index in [0.717, 1.165) is 24.9 Å². The van der Waals surface area contributed by atoms with Crippen LogP contribution in [0.5, 0.6) is 0 Å². The molecule has 0 spiro atoms. The highest BCUT2D eigenvalue weighted by Crippen LogP contribution is 2.23. The molecule has 1 saturated heterocycles. The predicted molar refractivity (Wildman–Crippen MR) is 119 cm³/mol. The molecule has 2 aromatic rings. The van der Waals surface area contributed by atoms with Gasteiger partial charge in [0.25, 0.3) is 0 Å². The normalized spacial score (nSPS) is 16.7. The molecule has 1 unspecified atom stereocenters. The van der Waals surface area contributed by atoms with E-state index in [1.165, 1.54) is 17.3 Å². The Kier molecular flexibility index (Phi) is 7.90. The predicted octanol–water partition coefficient (Wildman–Crippen LogP) is 3.25. The molecule has 1 fully saturated rings. The van der Waals surface area contributed by atoms with Gasteiger partial charge in [-0.1, -0.05) is 44.7 Å². The molecule has 1 atom stereocenters. The highest BCUT2D eigenvalue weighted by molar-refractivity contribution is 7.99. The smallest absolute Gasteiger partial charge is 0.233 e. The molecule has 1 aliphatic rings. The van der Waals surface area contributed by atoms with E-state index >= 15 is 0 Å². The molecule has 1 aromatic heterocycles. The Morgan fingerprint density at radius 1 is 1.27 bits per heavy atom.